The van der Waals surface area contributed by atoms with E-state index in [4.69, 9.17) is 4.74 Å². The molecule has 0 heterocycles. The molecule has 0 radical (unpaired) electrons. The van der Waals surface area contributed by atoms with Gasteiger partial charge in [-0.15, -0.1) is 0 Å². The number of rotatable bonds is 6. The minimum atomic E-state index is 0.661. The molecular weight excluding hydrogens is 302 g/mol. The molecule has 1 N–H and O–H groups in total. The summed E-state index contributed by atoms with van der Waals surface area (Å²) in [4.78, 5) is 0. The second-order valence-corrected chi connectivity index (χ2v) is 5.35. The molecule has 3 heteroatoms. The van der Waals surface area contributed by atoms with Gasteiger partial charge in [0.05, 0.1) is 6.61 Å². The van der Waals surface area contributed by atoms with Crippen molar-refractivity contribution in [1.29, 1.82) is 0 Å². The van der Waals surface area contributed by atoms with Crippen LogP contribution in [-0.4, -0.2) is 7.11 Å². The second-order valence-electron chi connectivity index (χ2n) is 4.44. The maximum Gasteiger partial charge on any atom is 0.0716 e. The monoisotopic (exact) mass is 319 g/mol. The largest absolute Gasteiger partial charge is 0.380 e. The predicted molar refractivity (Wildman–Crippen MR) is 81.8 cm³/mol. The van der Waals surface area contributed by atoms with Crippen molar-refractivity contribution in [3.05, 3.63) is 69.7 Å². The summed E-state index contributed by atoms with van der Waals surface area (Å²) >= 11 is 3.49. The number of benzene rings is 2. The number of hydrogen-bond donors (Lipinski definition) is 1. The summed E-state index contributed by atoms with van der Waals surface area (Å²) in [7, 11) is 1.73. The van der Waals surface area contributed by atoms with Gasteiger partial charge in [0.1, 0.15) is 0 Å². The van der Waals surface area contributed by atoms with Gasteiger partial charge in [-0.1, -0.05) is 52.3 Å². The van der Waals surface area contributed by atoms with Crippen LogP contribution in [0.3, 0.4) is 0 Å². The van der Waals surface area contributed by atoms with Gasteiger partial charge in [0.25, 0.3) is 0 Å². The summed E-state index contributed by atoms with van der Waals surface area (Å²) < 4.78 is 6.33. The Morgan fingerprint density at radius 1 is 1.00 bits per heavy atom. The lowest BCUT2D eigenvalue weighted by molar-refractivity contribution is 0.184. The summed E-state index contributed by atoms with van der Waals surface area (Å²) in [5.41, 5.74) is 3.81. The Morgan fingerprint density at radius 3 is 2.53 bits per heavy atom. The quantitative estimate of drug-likeness (QED) is 0.872. The first-order chi connectivity index (χ1) is 9.29. The van der Waals surface area contributed by atoms with Gasteiger partial charge in [-0.25, -0.2) is 0 Å². The molecule has 100 valence electrons. The van der Waals surface area contributed by atoms with Crippen molar-refractivity contribution >= 4 is 15.9 Å². The molecule has 0 aliphatic carbocycles. The van der Waals surface area contributed by atoms with Crippen molar-refractivity contribution in [2.45, 2.75) is 19.7 Å². The van der Waals surface area contributed by atoms with E-state index in [0.717, 1.165) is 17.6 Å². The first kappa shape index (κ1) is 14.3. The first-order valence-electron chi connectivity index (χ1n) is 6.30. The first-order valence-corrected chi connectivity index (χ1v) is 7.10. The summed E-state index contributed by atoms with van der Waals surface area (Å²) in [6.45, 7) is 2.38. The van der Waals surface area contributed by atoms with Gasteiger partial charge in [0, 0.05) is 24.7 Å². The van der Waals surface area contributed by atoms with Crippen LogP contribution in [0.5, 0.6) is 0 Å². The maximum atomic E-state index is 5.21. The third kappa shape index (κ3) is 4.46. The minimum absolute atomic E-state index is 0.661. The highest BCUT2D eigenvalue weighted by Crippen LogP contribution is 2.12. The van der Waals surface area contributed by atoms with Gasteiger partial charge in [0.2, 0.25) is 0 Å². The highest BCUT2D eigenvalue weighted by Gasteiger charge is 2.01. The van der Waals surface area contributed by atoms with E-state index in [1.807, 2.05) is 12.1 Å². The Kier molecular flexibility index (Phi) is 5.58. The molecule has 0 saturated heterocycles. The van der Waals surface area contributed by atoms with Gasteiger partial charge >= 0.3 is 0 Å². The van der Waals surface area contributed by atoms with Crippen LogP contribution in [-0.2, 0) is 24.4 Å². The maximum absolute atomic E-state index is 5.21. The molecule has 0 saturated carbocycles. The summed E-state index contributed by atoms with van der Waals surface area (Å²) in [6.07, 6.45) is 0. The van der Waals surface area contributed by atoms with E-state index in [9.17, 15) is 0 Å². The number of hydrogen-bond acceptors (Lipinski definition) is 2. The fraction of sp³-hybridized carbons (Fsp3) is 0.250. The molecule has 0 unspecified atom stereocenters. The van der Waals surface area contributed by atoms with Gasteiger partial charge in [0.15, 0.2) is 0 Å². The Labute approximate surface area is 122 Å². The SMILES string of the molecule is COCc1ccccc1CNCc1cccc(Br)c1. The van der Waals surface area contributed by atoms with Crippen LogP contribution in [0.1, 0.15) is 16.7 Å². The molecule has 2 nitrogen and oxygen atoms in total. The number of methoxy groups -OCH3 is 1. The van der Waals surface area contributed by atoms with Crippen LogP contribution in [0.25, 0.3) is 0 Å². The van der Waals surface area contributed by atoms with Crippen LogP contribution in [0.15, 0.2) is 53.0 Å². The van der Waals surface area contributed by atoms with Crippen LogP contribution in [0.2, 0.25) is 0 Å². The third-order valence-corrected chi connectivity index (χ3v) is 3.45. The molecule has 0 atom stereocenters. The number of ether oxygens (including phenoxy) is 1. The standard InChI is InChI=1S/C16H18BrNO/c1-19-12-15-7-3-2-6-14(15)11-18-10-13-5-4-8-16(17)9-13/h2-9,18H,10-12H2,1H3. The normalized spacial score (nSPS) is 10.6. The third-order valence-electron chi connectivity index (χ3n) is 2.95. The molecule has 0 spiro atoms. The van der Waals surface area contributed by atoms with E-state index in [-0.39, 0.29) is 0 Å². The highest BCUT2D eigenvalue weighted by molar-refractivity contribution is 9.10. The zero-order chi connectivity index (χ0) is 13.5. The lowest BCUT2D eigenvalue weighted by Crippen LogP contribution is -2.14. The second kappa shape index (κ2) is 7.43. The zero-order valence-corrected chi connectivity index (χ0v) is 12.6. The Morgan fingerprint density at radius 2 is 1.79 bits per heavy atom. The molecular formula is C16H18BrNO. The van der Waals surface area contributed by atoms with Gasteiger partial charge in [-0.3, -0.25) is 0 Å². The van der Waals surface area contributed by atoms with Gasteiger partial charge in [-0.05, 0) is 28.8 Å². The lowest BCUT2D eigenvalue weighted by atomic mass is 10.1. The summed E-state index contributed by atoms with van der Waals surface area (Å²) in [6, 6.07) is 16.7. The van der Waals surface area contributed by atoms with Crippen LogP contribution in [0.4, 0.5) is 0 Å². The van der Waals surface area contributed by atoms with Crippen molar-refractivity contribution in [3.8, 4) is 0 Å². The van der Waals surface area contributed by atoms with E-state index >= 15 is 0 Å². The summed E-state index contributed by atoms with van der Waals surface area (Å²) in [5.74, 6) is 0. The van der Waals surface area contributed by atoms with Crippen LogP contribution in [0, 0.1) is 0 Å². The van der Waals surface area contributed by atoms with Crippen molar-refractivity contribution in [2.24, 2.45) is 0 Å². The van der Waals surface area contributed by atoms with E-state index in [0.29, 0.717) is 6.61 Å². The fourth-order valence-corrected chi connectivity index (χ4v) is 2.46. The van der Waals surface area contributed by atoms with Crippen molar-refractivity contribution in [3.63, 3.8) is 0 Å². The molecule has 19 heavy (non-hydrogen) atoms. The van der Waals surface area contributed by atoms with Crippen LogP contribution >= 0.6 is 15.9 Å². The van der Waals surface area contributed by atoms with Crippen LogP contribution < -0.4 is 5.32 Å². The van der Waals surface area contributed by atoms with Crippen molar-refractivity contribution in [2.75, 3.05) is 7.11 Å². The average molecular weight is 320 g/mol. The Hall–Kier alpha value is -1.16. The average Bonchev–Trinajstić information content (AvgIpc) is 2.41. The molecule has 0 bridgehead atoms. The molecule has 0 aliphatic rings. The Balaban J connectivity index is 1.92. The molecule has 2 rings (SSSR count). The van der Waals surface area contributed by atoms with E-state index in [1.54, 1.807) is 7.11 Å². The van der Waals surface area contributed by atoms with E-state index < -0.39 is 0 Å². The number of nitrogens with one attached hydrogen (secondary N) is 1. The highest BCUT2D eigenvalue weighted by atomic mass is 79.9. The summed E-state index contributed by atoms with van der Waals surface area (Å²) in [5, 5.41) is 3.47. The van der Waals surface area contributed by atoms with Gasteiger partial charge < -0.3 is 10.1 Å². The van der Waals surface area contributed by atoms with E-state index in [2.05, 4.69) is 57.6 Å². The lowest BCUT2D eigenvalue weighted by Gasteiger charge is -2.10. The van der Waals surface area contributed by atoms with Crippen molar-refractivity contribution < 1.29 is 4.74 Å². The topological polar surface area (TPSA) is 21.3 Å². The van der Waals surface area contributed by atoms with Crippen molar-refractivity contribution in [1.82, 2.24) is 5.32 Å². The molecule has 0 aliphatic heterocycles. The van der Waals surface area contributed by atoms with E-state index in [1.165, 1.54) is 16.7 Å². The molecule has 2 aromatic carbocycles. The zero-order valence-electron chi connectivity index (χ0n) is 11.0. The predicted octanol–water partition coefficient (Wildman–Crippen LogP) is 3.89. The smallest absolute Gasteiger partial charge is 0.0716 e. The molecule has 0 amide bonds. The molecule has 2 aromatic rings. The molecule has 0 fully saturated rings. The fourth-order valence-electron chi connectivity index (χ4n) is 2.01. The molecule has 0 aromatic heterocycles. The number of halogens is 1. The van der Waals surface area contributed by atoms with Gasteiger partial charge in [-0.2, -0.15) is 0 Å². The Bertz CT molecular complexity index is 528. The minimum Gasteiger partial charge on any atom is -0.380 e.